The van der Waals surface area contributed by atoms with Crippen LogP contribution < -0.4 is 10.6 Å². The van der Waals surface area contributed by atoms with Crippen LogP contribution in [0.25, 0.3) is 0 Å². The van der Waals surface area contributed by atoms with Crippen LogP contribution in [0.2, 0.25) is 5.02 Å². The Hall–Kier alpha value is -3.12. The fourth-order valence-corrected chi connectivity index (χ4v) is 4.20. The van der Waals surface area contributed by atoms with Crippen molar-refractivity contribution in [3.05, 3.63) is 82.0 Å². The quantitative estimate of drug-likeness (QED) is 0.657. The standard InChI is InChI=1S/C21H17ClN4O2/c22-15-8-4-7-13(9-15)19-18-16(23-20-21(24-19)26-28-25-20)10-14(11-17(18)27)12-5-2-1-3-6-12/h1-9,14,19H,10-11H2,(H,23,25)(H,24,26). The van der Waals surface area contributed by atoms with E-state index < -0.39 is 0 Å². The van der Waals surface area contributed by atoms with E-state index in [-0.39, 0.29) is 17.7 Å². The van der Waals surface area contributed by atoms with Crippen molar-refractivity contribution in [2.45, 2.75) is 24.8 Å². The fourth-order valence-electron chi connectivity index (χ4n) is 4.00. The molecule has 1 aliphatic carbocycles. The van der Waals surface area contributed by atoms with E-state index in [1.807, 2.05) is 42.5 Å². The zero-order valence-corrected chi connectivity index (χ0v) is 15.6. The van der Waals surface area contributed by atoms with Gasteiger partial charge in [0.05, 0.1) is 6.04 Å². The van der Waals surface area contributed by atoms with Crippen molar-refractivity contribution in [2.75, 3.05) is 10.6 Å². The highest BCUT2D eigenvalue weighted by Gasteiger charge is 2.37. The Morgan fingerprint density at radius 1 is 0.964 bits per heavy atom. The van der Waals surface area contributed by atoms with Gasteiger partial charge in [0.2, 0.25) is 11.6 Å². The number of nitrogens with one attached hydrogen (secondary N) is 2. The molecule has 1 aromatic heterocycles. The average molecular weight is 393 g/mol. The molecule has 1 aliphatic heterocycles. The summed E-state index contributed by atoms with van der Waals surface area (Å²) in [6.45, 7) is 0. The van der Waals surface area contributed by atoms with E-state index in [0.717, 1.165) is 16.8 Å². The molecule has 2 N–H and O–H groups in total. The predicted octanol–water partition coefficient (Wildman–Crippen LogP) is 4.70. The number of allylic oxidation sites excluding steroid dienone is 1. The van der Waals surface area contributed by atoms with Crippen molar-refractivity contribution in [1.82, 2.24) is 10.3 Å². The van der Waals surface area contributed by atoms with Crippen molar-refractivity contribution >= 4 is 29.0 Å². The van der Waals surface area contributed by atoms with Crippen molar-refractivity contribution in [1.29, 1.82) is 0 Å². The van der Waals surface area contributed by atoms with Crippen LogP contribution in [0.1, 0.15) is 35.9 Å². The molecule has 0 saturated carbocycles. The van der Waals surface area contributed by atoms with Crippen LogP contribution in [0, 0.1) is 0 Å². The number of carbonyl (C=O) groups is 1. The minimum absolute atomic E-state index is 0.0992. The van der Waals surface area contributed by atoms with E-state index in [0.29, 0.717) is 35.1 Å². The third kappa shape index (κ3) is 2.96. The van der Waals surface area contributed by atoms with Gasteiger partial charge in [-0.25, -0.2) is 4.63 Å². The van der Waals surface area contributed by atoms with Crippen molar-refractivity contribution in [3.8, 4) is 0 Å². The number of rotatable bonds is 2. The first kappa shape index (κ1) is 17.0. The Morgan fingerprint density at radius 3 is 2.57 bits per heavy atom. The minimum Gasteiger partial charge on any atom is -0.353 e. The third-order valence-electron chi connectivity index (χ3n) is 5.29. The molecule has 0 amide bonds. The van der Waals surface area contributed by atoms with Gasteiger partial charge in [-0.1, -0.05) is 54.1 Å². The second kappa shape index (κ2) is 6.80. The Kier molecular flexibility index (Phi) is 4.13. The van der Waals surface area contributed by atoms with Gasteiger partial charge < -0.3 is 10.6 Å². The molecule has 140 valence electrons. The SMILES string of the molecule is O=C1CC(c2ccccc2)CC2=C1C(c1cccc(Cl)c1)Nc1nonc1N2. The fraction of sp³-hybridized carbons (Fsp3) is 0.190. The minimum atomic E-state index is -0.376. The van der Waals surface area contributed by atoms with Crippen molar-refractivity contribution in [2.24, 2.45) is 0 Å². The number of benzene rings is 2. The summed E-state index contributed by atoms with van der Waals surface area (Å²) in [5.74, 6) is 1.17. The highest BCUT2D eigenvalue weighted by Crippen LogP contribution is 2.43. The first-order chi connectivity index (χ1) is 13.7. The molecule has 2 aliphatic rings. The number of nitrogens with zero attached hydrogens (tertiary/aromatic N) is 2. The van der Waals surface area contributed by atoms with Gasteiger partial charge in [0.1, 0.15) is 0 Å². The smallest absolute Gasteiger partial charge is 0.219 e. The highest BCUT2D eigenvalue weighted by molar-refractivity contribution is 6.30. The normalized spacial score (nSPS) is 21.2. The molecule has 3 aromatic rings. The summed E-state index contributed by atoms with van der Waals surface area (Å²) in [6.07, 6.45) is 1.16. The van der Waals surface area contributed by atoms with Crippen LogP contribution in [0.5, 0.6) is 0 Å². The number of fused-ring (bicyclic) bond motifs is 1. The average Bonchev–Trinajstić information content (AvgIpc) is 3.07. The molecule has 0 radical (unpaired) electrons. The van der Waals surface area contributed by atoms with Gasteiger partial charge in [-0.15, -0.1) is 0 Å². The van der Waals surface area contributed by atoms with Crippen LogP contribution in [0.3, 0.4) is 0 Å². The second-order valence-electron chi connectivity index (χ2n) is 7.05. The van der Waals surface area contributed by atoms with Crippen LogP contribution in [-0.2, 0) is 4.79 Å². The largest absolute Gasteiger partial charge is 0.353 e. The molecular formula is C21H17ClN4O2. The van der Waals surface area contributed by atoms with E-state index in [1.54, 1.807) is 0 Å². The van der Waals surface area contributed by atoms with Crippen LogP contribution in [0.15, 0.2) is 70.5 Å². The summed E-state index contributed by atoms with van der Waals surface area (Å²) in [5, 5.41) is 15.1. The summed E-state index contributed by atoms with van der Waals surface area (Å²) in [4.78, 5) is 13.3. The molecule has 0 fully saturated rings. The molecule has 7 heteroatoms. The summed E-state index contributed by atoms with van der Waals surface area (Å²) in [6, 6.07) is 17.2. The van der Waals surface area contributed by atoms with Crippen molar-refractivity contribution in [3.63, 3.8) is 0 Å². The first-order valence-electron chi connectivity index (χ1n) is 9.12. The van der Waals surface area contributed by atoms with Crippen LogP contribution >= 0.6 is 11.6 Å². The van der Waals surface area contributed by atoms with Gasteiger partial charge in [-0.05, 0) is 45.9 Å². The Bertz CT molecular complexity index is 1080. The van der Waals surface area contributed by atoms with Gasteiger partial charge in [-0.3, -0.25) is 4.79 Å². The molecule has 2 heterocycles. The lowest BCUT2D eigenvalue weighted by Crippen LogP contribution is -2.27. The maximum absolute atomic E-state index is 13.3. The van der Waals surface area contributed by atoms with Gasteiger partial charge in [-0.2, -0.15) is 0 Å². The van der Waals surface area contributed by atoms with E-state index in [4.69, 9.17) is 16.2 Å². The van der Waals surface area contributed by atoms with Gasteiger partial charge in [0, 0.05) is 22.7 Å². The number of hydrogen-bond donors (Lipinski definition) is 2. The maximum Gasteiger partial charge on any atom is 0.219 e. The number of hydrogen-bond acceptors (Lipinski definition) is 6. The number of aromatic nitrogens is 2. The molecule has 6 nitrogen and oxygen atoms in total. The van der Waals surface area contributed by atoms with Crippen molar-refractivity contribution < 1.29 is 9.42 Å². The summed E-state index contributed by atoms with van der Waals surface area (Å²) >= 11 is 6.21. The molecule has 2 aromatic carbocycles. The molecule has 0 spiro atoms. The molecule has 28 heavy (non-hydrogen) atoms. The first-order valence-corrected chi connectivity index (χ1v) is 9.49. The Labute approximate surface area is 166 Å². The molecule has 2 unspecified atom stereocenters. The zero-order chi connectivity index (χ0) is 19.1. The van der Waals surface area contributed by atoms with E-state index in [1.165, 1.54) is 0 Å². The Morgan fingerprint density at radius 2 is 1.75 bits per heavy atom. The zero-order valence-electron chi connectivity index (χ0n) is 14.9. The number of ketones is 1. The monoisotopic (exact) mass is 392 g/mol. The molecule has 5 rings (SSSR count). The van der Waals surface area contributed by atoms with Crippen LogP contribution in [-0.4, -0.2) is 16.1 Å². The predicted molar refractivity (Wildman–Crippen MR) is 106 cm³/mol. The third-order valence-corrected chi connectivity index (χ3v) is 5.52. The second-order valence-corrected chi connectivity index (χ2v) is 7.49. The topological polar surface area (TPSA) is 80.1 Å². The molecule has 0 saturated heterocycles. The lowest BCUT2D eigenvalue weighted by atomic mass is 9.78. The lowest BCUT2D eigenvalue weighted by molar-refractivity contribution is -0.116. The summed E-state index contributed by atoms with van der Waals surface area (Å²) in [5.41, 5.74) is 3.59. The van der Waals surface area contributed by atoms with Gasteiger partial charge in [0.25, 0.3) is 0 Å². The van der Waals surface area contributed by atoms with Gasteiger partial charge in [0.15, 0.2) is 5.78 Å². The van der Waals surface area contributed by atoms with Gasteiger partial charge >= 0.3 is 0 Å². The number of halogens is 1. The maximum atomic E-state index is 13.3. The van der Waals surface area contributed by atoms with E-state index in [2.05, 4.69) is 33.1 Å². The lowest BCUT2D eigenvalue weighted by Gasteiger charge is -2.29. The van der Waals surface area contributed by atoms with Crippen LogP contribution in [0.4, 0.5) is 11.6 Å². The number of Topliss-reactive ketones (excluding diaryl/α,β-unsaturated/α-hetero) is 1. The number of anilines is 2. The molecular weight excluding hydrogens is 376 g/mol. The van der Waals surface area contributed by atoms with E-state index >= 15 is 0 Å². The summed E-state index contributed by atoms with van der Waals surface area (Å²) in [7, 11) is 0. The van der Waals surface area contributed by atoms with E-state index in [9.17, 15) is 4.79 Å². The molecule has 0 bridgehead atoms. The highest BCUT2D eigenvalue weighted by atomic mass is 35.5. The Balaban J connectivity index is 1.61. The molecule has 2 atom stereocenters. The summed E-state index contributed by atoms with van der Waals surface area (Å²) < 4.78 is 4.89. The number of carbonyl (C=O) groups excluding carboxylic acids is 1.